The first-order valence-electron chi connectivity index (χ1n) is 9.12. The average Bonchev–Trinajstić information content (AvgIpc) is 2.49. The molecule has 0 aromatic carbocycles. The maximum absolute atomic E-state index is 12.2. The molecule has 2 fully saturated rings. The Kier molecular flexibility index (Phi) is 8.98. The van der Waals surface area contributed by atoms with Gasteiger partial charge in [0.2, 0.25) is 5.91 Å². The quantitative estimate of drug-likeness (QED) is 0.854. The second-order valence-electron chi connectivity index (χ2n) is 6.95. The van der Waals surface area contributed by atoms with Gasteiger partial charge in [-0.25, -0.2) is 0 Å². The maximum Gasteiger partial charge on any atom is 0.223 e. The highest BCUT2D eigenvalue weighted by molar-refractivity contribution is 5.79. The first kappa shape index (κ1) is 18.5. The van der Waals surface area contributed by atoms with Crippen LogP contribution in [0.5, 0.6) is 0 Å². The lowest BCUT2D eigenvalue weighted by atomic mass is 9.92. The molecule has 1 saturated carbocycles. The zero-order valence-corrected chi connectivity index (χ0v) is 14.7. The van der Waals surface area contributed by atoms with E-state index in [0.717, 1.165) is 25.9 Å². The van der Waals surface area contributed by atoms with Crippen molar-refractivity contribution in [1.29, 1.82) is 0 Å². The van der Waals surface area contributed by atoms with Gasteiger partial charge in [-0.15, -0.1) is 0 Å². The summed E-state index contributed by atoms with van der Waals surface area (Å²) >= 11 is 0. The minimum absolute atomic E-state index is 0.266. The number of rotatable bonds is 3. The fraction of sp³-hybridized carbons (Fsp3) is 0.944. The Morgan fingerprint density at radius 3 is 2.05 bits per heavy atom. The highest BCUT2D eigenvalue weighted by atomic mass is 16.1. The summed E-state index contributed by atoms with van der Waals surface area (Å²) in [4.78, 5) is 14.7. The van der Waals surface area contributed by atoms with Crippen molar-refractivity contribution >= 4 is 5.91 Å². The van der Waals surface area contributed by atoms with Gasteiger partial charge in [0.15, 0.2) is 0 Å². The lowest BCUT2D eigenvalue weighted by Gasteiger charge is -2.34. The van der Waals surface area contributed by atoms with Crippen LogP contribution in [0.1, 0.15) is 79.1 Å². The van der Waals surface area contributed by atoms with E-state index in [0.29, 0.717) is 18.0 Å². The summed E-state index contributed by atoms with van der Waals surface area (Å²) in [7, 11) is 0. The second kappa shape index (κ2) is 10.2. The highest BCUT2D eigenvalue weighted by Gasteiger charge is 2.27. The molecule has 0 bridgehead atoms. The molecular formula is C18H36N2O. The van der Waals surface area contributed by atoms with Crippen LogP contribution in [0.15, 0.2) is 0 Å². The van der Waals surface area contributed by atoms with Crippen LogP contribution >= 0.6 is 0 Å². The van der Waals surface area contributed by atoms with Crippen LogP contribution in [0.3, 0.4) is 0 Å². The third-order valence-electron chi connectivity index (χ3n) is 4.58. The van der Waals surface area contributed by atoms with Gasteiger partial charge in [0, 0.05) is 18.0 Å². The monoisotopic (exact) mass is 296 g/mol. The number of piperidine rings is 1. The zero-order chi connectivity index (χ0) is 15.7. The molecule has 1 heterocycles. The normalized spacial score (nSPS) is 21.8. The van der Waals surface area contributed by atoms with E-state index >= 15 is 0 Å². The summed E-state index contributed by atoms with van der Waals surface area (Å²) in [5, 5.41) is 3.28. The van der Waals surface area contributed by atoms with Gasteiger partial charge in [-0.05, 0) is 52.6 Å². The van der Waals surface area contributed by atoms with E-state index in [4.69, 9.17) is 0 Å². The lowest BCUT2D eigenvalue weighted by Crippen LogP contribution is -2.45. The predicted molar refractivity (Wildman–Crippen MR) is 90.4 cm³/mol. The number of amides is 1. The summed E-state index contributed by atoms with van der Waals surface area (Å²) in [5.41, 5.74) is 0. The molecule has 1 aliphatic heterocycles. The standard InChI is InChI=1S/C15H28N2O.C3H8/c1-12(2)17-10-8-13(9-11-17)15(18)16-14-6-4-3-5-7-14;1-3-2/h12-14H,3-11H2,1-2H3,(H,16,18);3H2,1-2H3. The van der Waals surface area contributed by atoms with Crippen LogP contribution in [0, 0.1) is 5.92 Å². The number of hydrogen-bond donors (Lipinski definition) is 1. The summed E-state index contributed by atoms with van der Waals surface area (Å²) in [5.74, 6) is 0.590. The molecule has 2 rings (SSSR count). The molecule has 3 heteroatoms. The molecule has 1 aliphatic carbocycles. The summed E-state index contributed by atoms with van der Waals surface area (Å²) in [6, 6.07) is 1.08. The molecule has 0 aromatic rings. The third kappa shape index (κ3) is 6.82. The van der Waals surface area contributed by atoms with Crippen molar-refractivity contribution in [3.63, 3.8) is 0 Å². The summed E-state index contributed by atoms with van der Waals surface area (Å²) in [6.07, 6.45) is 9.63. The van der Waals surface area contributed by atoms with Crippen LogP contribution in [0.2, 0.25) is 0 Å². The second-order valence-corrected chi connectivity index (χ2v) is 6.95. The molecule has 1 N–H and O–H groups in total. The van der Waals surface area contributed by atoms with E-state index in [1.807, 2.05) is 0 Å². The molecule has 2 aliphatic rings. The summed E-state index contributed by atoms with van der Waals surface area (Å²) < 4.78 is 0. The molecule has 21 heavy (non-hydrogen) atoms. The first-order valence-corrected chi connectivity index (χ1v) is 9.12. The molecule has 0 unspecified atom stereocenters. The molecule has 0 aromatic heterocycles. The predicted octanol–water partition coefficient (Wildman–Crippen LogP) is 3.97. The Bertz CT molecular complexity index is 277. The number of carbonyl (C=O) groups excluding carboxylic acids is 1. The highest BCUT2D eigenvalue weighted by Crippen LogP contribution is 2.21. The van der Waals surface area contributed by atoms with Crippen molar-refractivity contribution in [2.75, 3.05) is 13.1 Å². The van der Waals surface area contributed by atoms with Gasteiger partial charge in [-0.1, -0.05) is 39.5 Å². The molecule has 0 spiro atoms. The van der Waals surface area contributed by atoms with Crippen LogP contribution in [-0.2, 0) is 4.79 Å². The molecular weight excluding hydrogens is 260 g/mol. The van der Waals surface area contributed by atoms with E-state index < -0.39 is 0 Å². The maximum atomic E-state index is 12.2. The Balaban J connectivity index is 0.000000677. The van der Waals surface area contributed by atoms with Crippen molar-refractivity contribution in [3.05, 3.63) is 0 Å². The fourth-order valence-corrected chi connectivity index (χ4v) is 3.24. The first-order chi connectivity index (χ1) is 10.1. The topological polar surface area (TPSA) is 32.3 Å². The van der Waals surface area contributed by atoms with E-state index in [1.165, 1.54) is 38.5 Å². The van der Waals surface area contributed by atoms with Crippen molar-refractivity contribution in [2.45, 2.75) is 91.1 Å². The zero-order valence-electron chi connectivity index (χ0n) is 14.7. The number of nitrogens with one attached hydrogen (secondary N) is 1. The van der Waals surface area contributed by atoms with Gasteiger partial charge in [0.25, 0.3) is 0 Å². The van der Waals surface area contributed by atoms with Gasteiger partial charge >= 0.3 is 0 Å². The third-order valence-corrected chi connectivity index (χ3v) is 4.58. The van der Waals surface area contributed by atoms with Crippen LogP contribution in [0.25, 0.3) is 0 Å². The molecule has 124 valence electrons. The Labute approximate surface area is 131 Å². The lowest BCUT2D eigenvalue weighted by molar-refractivity contribution is -0.127. The molecule has 1 amide bonds. The van der Waals surface area contributed by atoms with Crippen molar-refractivity contribution < 1.29 is 4.79 Å². The van der Waals surface area contributed by atoms with E-state index in [1.54, 1.807) is 0 Å². The Morgan fingerprint density at radius 2 is 1.57 bits per heavy atom. The van der Waals surface area contributed by atoms with Gasteiger partial charge in [0.05, 0.1) is 0 Å². The Morgan fingerprint density at radius 1 is 1.05 bits per heavy atom. The SMILES string of the molecule is CC(C)N1CCC(C(=O)NC2CCCCC2)CC1.CCC. The fourth-order valence-electron chi connectivity index (χ4n) is 3.24. The number of nitrogens with zero attached hydrogens (tertiary/aromatic N) is 1. The van der Waals surface area contributed by atoms with Gasteiger partial charge in [-0.3, -0.25) is 4.79 Å². The summed E-state index contributed by atoms with van der Waals surface area (Å²) in [6.45, 7) is 10.9. The number of likely N-dealkylation sites (tertiary alicyclic amines) is 1. The van der Waals surface area contributed by atoms with Gasteiger partial charge < -0.3 is 10.2 Å². The van der Waals surface area contributed by atoms with Gasteiger partial charge in [-0.2, -0.15) is 0 Å². The van der Waals surface area contributed by atoms with Crippen LogP contribution in [0.4, 0.5) is 0 Å². The van der Waals surface area contributed by atoms with E-state index in [9.17, 15) is 4.79 Å². The van der Waals surface area contributed by atoms with Gasteiger partial charge in [0.1, 0.15) is 0 Å². The largest absolute Gasteiger partial charge is 0.353 e. The molecule has 0 radical (unpaired) electrons. The number of hydrogen-bond acceptors (Lipinski definition) is 2. The number of carbonyl (C=O) groups is 1. The van der Waals surface area contributed by atoms with E-state index in [-0.39, 0.29) is 5.92 Å². The van der Waals surface area contributed by atoms with Crippen molar-refractivity contribution in [1.82, 2.24) is 10.2 Å². The average molecular weight is 296 g/mol. The van der Waals surface area contributed by atoms with Crippen molar-refractivity contribution in [2.24, 2.45) is 5.92 Å². The van der Waals surface area contributed by atoms with Crippen LogP contribution in [-0.4, -0.2) is 36.0 Å². The molecule has 0 atom stereocenters. The molecule has 3 nitrogen and oxygen atoms in total. The minimum Gasteiger partial charge on any atom is -0.353 e. The minimum atomic E-state index is 0.266. The smallest absolute Gasteiger partial charge is 0.223 e. The van der Waals surface area contributed by atoms with E-state index in [2.05, 4.69) is 37.9 Å². The Hall–Kier alpha value is -0.570. The molecule has 1 saturated heterocycles. The van der Waals surface area contributed by atoms with Crippen LogP contribution < -0.4 is 5.32 Å². The van der Waals surface area contributed by atoms with Crippen molar-refractivity contribution in [3.8, 4) is 0 Å².